The summed E-state index contributed by atoms with van der Waals surface area (Å²) in [6.07, 6.45) is 3.32. The summed E-state index contributed by atoms with van der Waals surface area (Å²) >= 11 is 6.16. The highest BCUT2D eigenvalue weighted by Crippen LogP contribution is 2.30. The summed E-state index contributed by atoms with van der Waals surface area (Å²) in [6, 6.07) is 16.1. The van der Waals surface area contributed by atoms with Gasteiger partial charge in [-0.2, -0.15) is 10.4 Å². The average molecular weight is 424 g/mol. The second-order valence-electron chi connectivity index (χ2n) is 7.15. The van der Waals surface area contributed by atoms with Crippen LogP contribution < -0.4 is 5.32 Å². The van der Waals surface area contributed by atoms with E-state index in [1.54, 1.807) is 12.1 Å². The summed E-state index contributed by atoms with van der Waals surface area (Å²) in [7, 11) is 0. The van der Waals surface area contributed by atoms with Gasteiger partial charge in [-0.05, 0) is 37.1 Å². The van der Waals surface area contributed by atoms with Crippen molar-refractivity contribution in [3.05, 3.63) is 76.7 Å². The molecule has 0 atom stereocenters. The van der Waals surface area contributed by atoms with Gasteiger partial charge in [0, 0.05) is 23.2 Å². The lowest BCUT2D eigenvalue weighted by Gasteiger charge is -2.22. The van der Waals surface area contributed by atoms with E-state index >= 15 is 0 Å². The SMILES string of the molecule is N#Cc1cnn(-c2ccccc2)c1NC(=O)CN(Cc1c(F)cccc1Cl)C1CC1. The van der Waals surface area contributed by atoms with Crippen LogP contribution in [-0.2, 0) is 11.3 Å². The van der Waals surface area contributed by atoms with Gasteiger partial charge in [-0.1, -0.05) is 35.9 Å². The third-order valence-electron chi connectivity index (χ3n) is 4.98. The number of carbonyl (C=O) groups is 1. The standard InChI is InChI=1S/C22H19ClFN5O/c23-19-7-4-8-20(24)18(19)13-28(16-9-10-16)14-21(30)27-22-15(11-25)12-26-29(22)17-5-2-1-3-6-17/h1-8,12,16H,9-10,13-14H2,(H,27,30). The van der Waals surface area contributed by atoms with E-state index < -0.39 is 0 Å². The van der Waals surface area contributed by atoms with Gasteiger partial charge in [0.05, 0.1) is 18.4 Å². The molecule has 30 heavy (non-hydrogen) atoms. The van der Waals surface area contributed by atoms with Crippen molar-refractivity contribution in [3.63, 3.8) is 0 Å². The molecule has 1 aliphatic carbocycles. The normalized spacial score (nSPS) is 13.3. The maximum absolute atomic E-state index is 14.2. The molecule has 0 aliphatic heterocycles. The Labute approximate surface area is 178 Å². The fraction of sp³-hybridized carbons (Fsp3) is 0.227. The average Bonchev–Trinajstić information content (AvgIpc) is 3.51. The molecule has 1 saturated carbocycles. The number of amides is 1. The number of anilines is 1. The van der Waals surface area contributed by atoms with Crippen LogP contribution in [0.3, 0.4) is 0 Å². The van der Waals surface area contributed by atoms with Crippen molar-refractivity contribution in [3.8, 4) is 11.8 Å². The van der Waals surface area contributed by atoms with E-state index in [0.29, 0.717) is 16.4 Å². The maximum Gasteiger partial charge on any atom is 0.239 e. The fourth-order valence-electron chi connectivity index (χ4n) is 3.31. The maximum atomic E-state index is 14.2. The summed E-state index contributed by atoms with van der Waals surface area (Å²) in [5, 5.41) is 16.8. The molecule has 0 radical (unpaired) electrons. The third-order valence-corrected chi connectivity index (χ3v) is 5.34. The first-order valence-electron chi connectivity index (χ1n) is 9.57. The Morgan fingerprint density at radius 1 is 1.27 bits per heavy atom. The lowest BCUT2D eigenvalue weighted by Crippen LogP contribution is -2.35. The molecule has 1 heterocycles. The largest absolute Gasteiger partial charge is 0.308 e. The molecule has 3 aromatic rings. The zero-order valence-electron chi connectivity index (χ0n) is 16.1. The molecule has 1 aromatic heterocycles. The first-order valence-corrected chi connectivity index (χ1v) is 9.95. The number of benzene rings is 2. The van der Waals surface area contributed by atoms with Gasteiger partial charge < -0.3 is 5.32 Å². The Balaban J connectivity index is 1.53. The van der Waals surface area contributed by atoms with E-state index in [4.69, 9.17) is 11.6 Å². The molecule has 152 valence electrons. The molecule has 0 saturated heterocycles. The van der Waals surface area contributed by atoms with E-state index in [2.05, 4.69) is 16.5 Å². The molecular formula is C22H19ClFN5O. The molecule has 2 aromatic carbocycles. The van der Waals surface area contributed by atoms with Crippen LogP contribution in [0, 0.1) is 17.1 Å². The van der Waals surface area contributed by atoms with Gasteiger partial charge in [0.25, 0.3) is 0 Å². The Kier molecular flexibility index (Phi) is 5.79. The highest BCUT2D eigenvalue weighted by Gasteiger charge is 2.31. The molecule has 1 aliphatic rings. The quantitative estimate of drug-likeness (QED) is 0.619. The second kappa shape index (κ2) is 8.66. The highest BCUT2D eigenvalue weighted by molar-refractivity contribution is 6.31. The number of nitrogens with zero attached hydrogens (tertiary/aromatic N) is 4. The zero-order chi connectivity index (χ0) is 21.1. The summed E-state index contributed by atoms with van der Waals surface area (Å²) in [4.78, 5) is 14.7. The summed E-state index contributed by atoms with van der Waals surface area (Å²) < 4.78 is 15.7. The van der Waals surface area contributed by atoms with Crippen LogP contribution in [0.15, 0.2) is 54.7 Å². The number of aromatic nitrogens is 2. The Hall–Kier alpha value is -3.21. The predicted molar refractivity (Wildman–Crippen MR) is 112 cm³/mol. The minimum absolute atomic E-state index is 0.0557. The number of halogens is 2. The van der Waals surface area contributed by atoms with E-state index in [9.17, 15) is 14.4 Å². The number of hydrogen-bond acceptors (Lipinski definition) is 4. The lowest BCUT2D eigenvalue weighted by atomic mass is 10.2. The number of rotatable bonds is 7. The van der Waals surface area contributed by atoms with E-state index in [0.717, 1.165) is 18.5 Å². The van der Waals surface area contributed by atoms with Crippen LogP contribution >= 0.6 is 11.6 Å². The second-order valence-corrected chi connectivity index (χ2v) is 7.56. The molecule has 1 N–H and O–H groups in total. The molecular weight excluding hydrogens is 405 g/mol. The van der Waals surface area contributed by atoms with Crippen molar-refractivity contribution in [2.45, 2.75) is 25.4 Å². The van der Waals surface area contributed by atoms with E-state index in [1.165, 1.54) is 16.9 Å². The first kappa shape index (κ1) is 20.1. The Morgan fingerprint density at radius 3 is 2.70 bits per heavy atom. The van der Waals surface area contributed by atoms with E-state index in [1.807, 2.05) is 35.2 Å². The van der Waals surface area contributed by atoms with Crippen LogP contribution in [0.25, 0.3) is 5.69 Å². The first-order chi connectivity index (χ1) is 14.6. The van der Waals surface area contributed by atoms with Crippen molar-refractivity contribution in [1.29, 1.82) is 5.26 Å². The molecule has 8 heteroatoms. The smallest absolute Gasteiger partial charge is 0.239 e. The Bertz CT molecular complexity index is 1080. The van der Waals surface area contributed by atoms with Crippen LogP contribution in [0.2, 0.25) is 5.02 Å². The van der Waals surface area contributed by atoms with Gasteiger partial charge in [-0.25, -0.2) is 9.07 Å². The van der Waals surface area contributed by atoms with Crippen molar-refractivity contribution in [2.24, 2.45) is 0 Å². The molecule has 0 unspecified atom stereocenters. The topological polar surface area (TPSA) is 74.0 Å². The highest BCUT2D eigenvalue weighted by atomic mass is 35.5. The van der Waals surface area contributed by atoms with Crippen LogP contribution in [0.4, 0.5) is 10.2 Å². The van der Waals surface area contributed by atoms with Crippen molar-refractivity contribution in [2.75, 3.05) is 11.9 Å². The summed E-state index contributed by atoms with van der Waals surface area (Å²) in [5.74, 6) is -0.376. The van der Waals surface area contributed by atoms with Gasteiger partial charge in [-0.3, -0.25) is 9.69 Å². The third kappa shape index (κ3) is 4.35. The molecule has 0 bridgehead atoms. The number of carbonyl (C=O) groups excluding carboxylic acids is 1. The van der Waals surface area contributed by atoms with Gasteiger partial charge in [0.1, 0.15) is 17.4 Å². The van der Waals surface area contributed by atoms with Gasteiger partial charge in [0.15, 0.2) is 5.82 Å². The van der Waals surface area contributed by atoms with Crippen LogP contribution in [0.1, 0.15) is 24.0 Å². The van der Waals surface area contributed by atoms with Gasteiger partial charge in [0.2, 0.25) is 5.91 Å². The molecule has 6 nitrogen and oxygen atoms in total. The van der Waals surface area contributed by atoms with Crippen molar-refractivity contribution in [1.82, 2.24) is 14.7 Å². The predicted octanol–water partition coefficient (Wildman–Crippen LogP) is 4.14. The molecule has 1 fully saturated rings. The molecule has 1 amide bonds. The fourth-order valence-corrected chi connectivity index (χ4v) is 3.53. The number of hydrogen-bond donors (Lipinski definition) is 1. The van der Waals surface area contributed by atoms with Gasteiger partial charge >= 0.3 is 0 Å². The molecule has 0 spiro atoms. The lowest BCUT2D eigenvalue weighted by molar-refractivity contribution is -0.117. The van der Waals surface area contributed by atoms with Crippen LogP contribution in [0.5, 0.6) is 0 Å². The minimum atomic E-state index is -0.387. The van der Waals surface area contributed by atoms with Crippen LogP contribution in [-0.4, -0.2) is 33.2 Å². The van der Waals surface area contributed by atoms with Crippen molar-refractivity contribution < 1.29 is 9.18 Å². The Morgan fingerprint density at radius 2 is 2.03 bits per heavy atom. The summed E-state index contributed by atoms with van der Waals surface area (Å²) in [5.41, 5.74) is 1.37. The molecule has 4 rings (SSSR count). The van der Waals surface area contributed by atoms with E-state index in [-0.39, 0.29) is 36.4 Å². The summed E-state index contributed by atoms with van der Waals surface area (Å²) in [6.45, 7) is 0.298. The number of nitriles is 1. The monoisotopic (exact) mass is 423 g/mol. The van der Waals surface area contributed by atoms with Crippen molar-refractivity contribution >= 4 is 23.3 Å². The number of para-hydroxylation sites is 1. The minimum Gasteiger partial charge on any atom is -0.308 e. The van der Waals surface area contributed by atoms with Gasteiger partial charge in [-0.15, -0.1) is 0 Å². The zero-order valence-corrected chi connectivity index (χ0v) is 16.8. The number of nitrogens with one attached hydrogen (secondary N) is 1.